The number of hydrogen-bond donors (Lipinski definition) is 5. The van der Waals surface area contributed by atoms with Crippen molar-refractivity contribution in [2.75, 3.05) is 73.9 Å². The Kier molecular flexibility index (Phi) is 21.1. The Balaban J connectivity index is 1.18. The molecule has 330 valence electrons. The number of carbonyl (C=O) groups excluding carboxylic acids is 4. The summed E-state index contributed by atoms with van der Waals surface area (Å²) in [5.74, 6) is -4.97. The van der Waals surface area contributed by atoms with Crippen molar-refractivity contribution in [3.05, 3.63) is 120 Å². The normalized spacial score (nSPS) is 12.3. The molecule has 0 aliphatic rings. The van der Waals surface area contributed by atoms with Crippen molar-refractivity contribution >= 4 is 80.9 Å². The number of aliphatic carboxylic acids is 2. The number of Topliss-reactive ketones (excluding diaryl/α,β-unsaturated/α-hetero) is 1. The van der Waals surface area contributed by atoms with Gasteiger partial charge < -0.3 is 55.3 Å². The van der Waals surface area contributed by atoms with Gasteiger partial charge >= 0.3 is 0 Å². The minimum Gasteiger partial charge on any atom is -0.550 e. The molecule has 2 heterocycles. The molecular weight excluding hydrogens is 835 g/mol. The average Bonchev–Trinajstić information content (AvgIpc) is 3.26. The van der Waals surface area contributed by atoms with Crippen LogP contribution in [0.15, 0.2) is 97.6 Å². The number of ketones is 1. The van der Waals surface area contributed by atoms with E-state index in [4.69, 9.17) is 0 Å². The van der Waals surface area contributed by atoms with E-state index in [1.54, 1.807) is 46.1 Å². The van der Waals surface area contributed by atoms with E-state index in [0.29, 0.717) is 26.2 Å². The second kappa shape index (κ2) is 26.7. The van der Waals surface area contributed by atoms with E-state index < -0.39 is 29.8 Å². The Hall–Kier alpha value is -5.56. The number of aromatic nitrogens is 2. The van der Waals surface area contributed by atoms with Crippen LogP contribution in [0.2, 0.25) is 0 Å². The zero-order chi connectivity index (χ0) is 44.7. The molecule has 2 atom stereocenters. The highest BCUT2D eigenvalue weighted by molar-refractivity contribution is 8.76. The van der Waals surface area contributed by atoms with E-state index in [-0.39, 0.29) is 63.2 Å². The molecule has 17 heteroatoms. The number of hydrogen-bond acceptors (Lipinski definition) is 14. The van der Waals surface area contributed by atoms with E-state index in [1.165, 1.54) is 0 Å². The number of anilines is 2. The molecule has 2 aromatic heterocycles. The summed E-state index contributed by atoms with van der Waals surface area (Å²) < 4.78 is 3.24. The van der Waals surface area contributed by atoms with Crippen molar-refractivity contribution in [1.29, 1.82) is 0 Å². The maximum atomic E-state index is 12.8. The number of carboxylic acids is 2. The molecule has 4 rings (SSSR count). The molecule has 0 radical (unpaired) electrons. The van der Waals surface area contributed by atoms with Gasteiger partial charge in [-0.2, -0.15) is 9.13 Å². The number of carboxylic acid groups (broad SMARTS) is 2. The number of aliphatic hydroxyl groups excluding tert-OH is 4. The highest BCUT2D eigenvalue weighted by atomic mass is 33.1. The maximum absolute atomic E-state index is 12.8. The standard InChI is InChI=1S/C45H53N5O10S2/c51-25-21-49(22-26-52)39-9-5-34(6-10-39)1-3-36-13-17-47(18-14-36)30-41(55)29-38(44(57)58)32-61-62-33-42(45(59)60)46-43(56)31-48-19-15-37(16-20-48)4-2-35-7-11-40(12-8-35)50(23-27-53)24-28-54/h1-20,38,42,51-54H,21-33H2,(H-2,46,56,57,58,59,60). The third-order valence-corrected chi connectivity index (χ3v) is 12.0. The third-order valence-electron chi connectivity index (χ3n) is 9.47. The highest BCUT2D eigenvalue weighted by Gasteiger charge is 2.21. The van der Waals surface area contributed by atoms with Crippen LogP contribution in [-0.2, 0) is 32.3 Å². The molecule has 0 saturated carbocycles. The Bertz CT molecular complexity index is 1910. The van der Waals surface area contributed by atoms with E-state index >= 15 is 0 Å². The van der Waals surface area contributed by atoms with E-state index in [9.17, 15) is 49.8 Å². The van der Waals surface area contributed by atoms with Crippen molar-refractivity contribution in [1.82, 2.24) is 5.32 Å². The van der Waals surface area contributed by atoms with Gasteiger partial charge in [-0.1, -0.05) is 70.2 Å². The molecule has 0 saturated heterocycles. The molecule has 0 fully saturated rings. The number of nitrogens with zero attached hydrogens (tertiary/aromatic N) is 4. The summed E-state index contributed by atoms with van der Waals surface area (Å²) in [6.45, 7) is 1.40. The Labute approximate surface area is 369 Å². The monoisotopic (exact) mass is 887 g/mol. The zero-order valence-electron chi connectivity index (χ0n) is 34.2. The molecule has 0 bridgehead atoms. The summed E-state index contributed by atoms with van der Waals surface area (Å²) in [5, 5.41) is 63.2. The van der Waals surface area contributed by atoms with Gasteiger partial charge in [0.1, 0.15) is 0 Å². The SMILES string of the molecule is O=C(CC(CSSCC(NC(=O)C[n+]1ccc(/C=C/c2ccc(N(CCO)CCO)cc2)cc1)C(=O)[O-])C(=O)[O-])C[n+]1ccc(/C=C/c2ccc(N(CCO)CCO)cc2)cc1. The lowest BCUT2D eigenvalue weighted by Gasteiger charge is -2.22. The van der Waals surface area contributed by atoms with Crippen LogP contribution >= 0.6 is 21.6 Å². The first kappa shape index (κ1) is 49.1. The fourth-order valence-corrected chi connectivity index (χ4v) is 8.59. The van der Waals surface area contributed by atoms with E-state index in [0.717, 1.165) is 55.2 Å². The first-order valence-electron chi connectivity index (χ1n) is 20.0. The lowest BCUT2D eigenvalue weighted by molar-refractivity contribution is -0.684. The third kappa shape index (κ3) is 17.1. The fraction of sp³-hybridized carbons (Fsp3) is 0.333. The summed E-state index contributed by atoms with van der Waals surface area (Å²) in [7, 11) is 2.12. The second-order valence-electron chi connectivity index (χ2n) is 14.1. The Morgan fingerprint density at radius 1 is 0.565 bits per heavy atom. The quantitative estimate of drug-likeness (QED) is 0.0284. The van der Waals surface area contributed by atoms with Gasteiger partial charge in [-0.3, -0.25) is 9.59 Å². The molecule has 2 unspecified atom stereocenters. The second-order valence-corrected chi connectivity index (χ2v) is 16.6. The van der Waals surface area contributed by atoms with Gasteiger partial charge in [0, 0.05) is 91.6 Å². The number of aliphatic hydroxyl groups is 4. The van der Waals surface area contributed by atoms with Crippen LogP contribution in [-0.4, -0.2) is 114 Å². The van der Waals surface area contributed by atoms with Crippen LogP contribution in [0, 0.1) is 5.92 Å². The van der Waals surface area contributed by atoms with Crippen molar-refractivity contribution < 1.29 is 59.0 Å². The summed E-state index contributed by atoms with van der Waals surface area (Å²) in [5.41, 5.74) is 5.42. The van der Waals surface area contributed by atoms with Gasteiger partial charge in [0.15, 0.2) is 30.6 Å². The Morgan fingerprint density at radius 2 is 0.952 bits per heavy atom. The van der Waals surface area contributed by atoms with Crippen molar-refractivity contribution in [3.8, 4) is 0 Å². The molecule has 15 nitrogen and oxygen atoms in total. The predicted molar refractivity (Wildman–Crippen MR) is 237 cm³/mol. The molecule has 0 aliphatic carbocycles. The molecule has 62 heavy (non-hydrogen) atoms. The molecule has 5 N–H and O–H groups in total. The van der Waals surface area contributed by atoms with Gasteiger partial charge in [0.05, 0.1) is 38.4 Å². The molecule has 4 aromatic rings. The van der Waals surface area contributed by atoms with Crippen molar-refractivity contribution in [2.45, 2.75) is 25.6 Å². The summed E-state index contributed by atoms with van der Waals surface area (Å²) in [6, 6.07) is 21.3. The first-order chi connectivity index (χ1) is 30.0. The van der Waals surface area contributed by atoms with Crippen molar-refractivity contribution in [3.63, 3.8) is 0 Å². The van der Waals surface area contributed by atoms with E-state index in [2.05, 4.69) is 5.32 Å². The summed E-state index contributed by atoms with van der Waals surface area (Å²) in [6.07, 6.45) is 14.2. The van der Waals surface area contributed by atoms with Gasteiger partial charge in [-0.25, -0.2) is 0 Å². The number of rotatable bonds is 28. The number of pyridine rings is 2. The number of benzene rings is 2. The van der Waals surface area contributed by atoms with Gasteiger partial charge in [-0.05, 0) is 46.5 Å². The topological polar surface area (TPSA) is 222 Å². The molecular formula is C45H53N5O10S2. The number of nitrogens with one attached hydrogen (secondary N) is 1. The van der Waals surface area contributed by atoms with Gasteiger partial charge in [-0.15, -0.1) is 0 Å². The van der Waals surface area contributed by atoms with Crippen molar-refractivity contribution in [2.24, 2.45) is 5.92 Å². The van der Waals surface area contributed by atoms with Gasteiger partial charge in [0.25, 0.3) is 5.91 Å². The van der Waals surface area contributed by atoms with Gasteiger partial charge in [0.2, 0.25) is 13.1 Å². The summed E-state index contributed by atoms with van der Waals surface area (Å²) >= 11 is 0. The van der Waals surface area contributed by atoms with Crippen LogP contribution in [0.3, 0.4) is 0 Å². The smallest absolute Gasteiger partial charge is 0.286 e. The molecule has 1 amide bonds. The van der Waals surface area contributed by atoms with Crippen LogP contribution < -0.4 is 34.5 Å². The minimum atomic E-state index is -1.49. The Morgan fingerprint density at radius 3 is 1.34 bits per heavy atom. The zero-order valence-corrected chi connectivity index (χ0v) is 35.9. The molecule has 0 spiro atoms. The first-order valence-corrected chi connectivity index (χ1v) is 22.5. The van der Waals surface area contributed by atoms with Crippen LogP contribution in [0.5, 0.6) is 0 Å². The number of carbonyl (C=O) groups is 4. The highest BCUT2D eigenvalue weighted by Crippen LogP contribution is 2.26. The predicted octanol–water partition coefficient (Wildman–Crippen LogP) is -0.174. The van der Waals surface area contributed by atoms with Crippen LogP contribution in [0.1, 0.15) is 28.7 Å². The molecule has 0 aliphatic heterocycles. The lowest BCUT2D eigenvalue weighted by atomic mass is 10.0. The summed E-state index contributed by atoms with van der Waals surface area (Å²) in [4.78, 5) is 53.0. The average molecular weight is 888 g/mol. The largest absolute Gasteiger partial charge is 0.550 e. The minimum absolute atomic E-state index is 0.0153. The fourth-order valence-electron chi connectivity index (χ4n) is 6.15. The number of amides is 1. The molecule has 2 aromatic carbocycles. The van der Waals surface area contributed by atoms with E-state index in [1.807, 2.05) is 94.8 Å². The lowest BCUT2D eigenvalue weighted by Crippen LogP contribution is -2.52. The van der Waals surface area contributed by atoms with Crippen LogP contribution in [0.25, 0.3) is 24.3 Å². The van der Waals surface area contributed by atoms with Crippen LogP contribution in [0.4, 0.5) is 11.4 Å². The maximum Gasteiger partial charge on any atom is 0.286 e.